The van der Waals surface area contributed by atoms with Gasteiger partial charge in [-0.05, 0) is 48.5 Å². The van der Waals surface area contributed by atoms with E-state index in [1.165, 1.54) is 50.5 Å². The fourth-order valence-electron chi connectivity index (χ4n) is 6.33. The van der Waals surface area contributed by atoms with Crippen molar-refractivity contribution in [3.8, 4) is 22.6 Å². The molecule has 5 aromatic rings. The SMILES string of the molecule is CNC(=O)c1c(-c2ccc(F)cc2)oc2cc(N(C)S(C)(=O)=O)c(-c3cc4n(c(=O)n3)CCN3c5cccc(F)c5CC43)cc12. The monoisotopic (exact) mass is 631 g/mol. The zero-order valence-corrected chi connectivity index (χ0v) is 25.3. The summed E-state index contributed by atoms with van der Waals surface area (Å²) in [6.45, 7) is 0.840. The standard InChI is InChI=1S/C32H27F2N5O5S/c1-35-31(40)29-21-13-20(25(37(2)45(3,42)43)16-28(21)44-30(29)17-7-9-18(33)10-8-17)23-15-27-26-14-19-22(34)5-4-6-24(19)38(26)11-12-39(27)32(41)36-23/h4-10,13,15-16,26H,11-12,14H2,1-3H3,(H,35,40). The Balaban J connectivity index is 1.47. The van der Waals surface area contributed by atoms with Gasteiger partial charge in [-0.3, -0.25) is 13.7 Å². The molecule has 7 rings (SSSR count). The molecule has 0 radical (unpaired) electrons. The number of nitrogens with zero attached hydrogens (tertiary/aromatic N) is 4. The van der Waals surface area contributed by atoms with Crippen LogP contribution in [0.3, 0.4) is 0 Å². The van der Waals surface area contributed by atoms with E-state index in [0.717, 1.165) is 16.2 Å². The van der Waals surface area contributed by atoms with Crippen LogP contribution in [0.4, 0.5) is 20.2 Å². The first-order valence-electron chi connectivity index (χ1n) is 14.1. The normalized spacial score (nSPS) is 15.5. The number of anilines is 2. The average Bonchev–Trinajstić information content (AvgIpc) is 3.59. The Labute approximate surface area is 256 Å². The molecule has 4 heterocycles. The van der Waals surface area contributed by atoms with Crippen LogP contribution in [0.15, 0.2) is 69.9 Å². The van der Waals surface area contributed by atoms with Gasteiger partial charge >= 0.3 is 5.69 Å². The molecule has 2 aromatic heterocycles. The van der Waals surface area contributed by atoms with Crippen molar-refractivity contribution in [1.29, 1.82) is 0 Å². The Morgan fingerprint density at radius 1 is 1.09 bits per heavy atom. The van der Waals surface area contributed by atoms with Crippen LogP contribution < -0.4 is 20.2 Å². The molecule has 0 spiro atoms. The smallest absolute Gasteiger partial charge is 0.348 e. The number of carbonyl (C=O) groups excluding carboxylic acids is 1. The molecule has 1 unspecified atom stereocenters. The highest BCUT2D eigenvalue weighted by atomic mass is 32.2. The highest BCUT2D eigenvalue weighted by molar-refractivity contribution is 7.92. The lowest BCUT2D eigenvalue weighted by molar-refractivity contribution is 0.0964. The van der Waals surface area contributed by atoms with E-state index in [-0.39, 0.29) is 45.7 Å². The maximum absolute atomic E-state index is 14.8. The summed E-state index contributed by atoms with van der Waals surface area (Å²) >= 11 is 0. The van der Waals surface area contributed by atoms with E-state index >= 15 is 0 Å². The van der Waals surface area contributed by atoms with Gasteiger partial charge in [0.2, 0.25) is 10.0 Å². The van der Waals surface area contributed by atoms with Crippen LogP contribution in [-0.2, 0) is 23.0 Å². The van der Waals surface area contributed by atoms with Crippen molar-refractivity contribution in [3.63, 3.8) is 0 Å². The second-order valence-electron chi connectivity index (χ2n) is 11.1. The molecule has 3 aromatic carbocycles. The molecule has 0 bridgehead atoms. The number of halogens is 2. The molecule has 10 nitrogen and oxygen atoms in total. The highest BCUT2D eigenvalue weighted by Gasteiger charge is 2.37. The van der Waals surface area contributed by atoms with E-state index in [9.17, 15) is 26.8 Å². The van der Waals surface area contributed by atoms with E-state index in [0.29, 0.717) is 41.7 Å². The molecule has 45 heavy (non-hydrogen) atoms. The zero-order valence-electron chi connectivity index (χ0n) is 24.5. The molecule has 0 fully saturated rings. The van der Waals surface area contributed by atoms with Crippen molar-refractivity contribution in [2.75, 3.05) is 36.1 Å². The van der Waals surface area contributed by atoms with Crippen molar-refractivity contribution in [2.24, 2.45) is 0 Å². The Bertz CT molecular complexity index is 2210. The van der Waals surface area contributed by atoms with E-state index in [2.05, 4.69) is 15.2 Å². The molecule has 1 atom stereocenters. The largest absolute Gasteiger partial charge is 0.455 e. The second kappa shape index (κ2) is 10.3. The fourth-order valence-corrected chi connectivity index (χ4v) is 6.84. The number of sulfonamides is 1. The van der Waals surface area contributed by atoms with Crippen molar-refractivity contribution < 1.29 is 26.4 Å². The van der Waals surface area contributed by atoms with Gasteiger partial charge in [-0.15, -0.1) is 0 Å². The summed E-state index contributed by atoms with van der Waals surface area (Å²) in [5, 5.41) is 2.94. The summed E-state index contributed by atoms with van der Waals surface area (Å²) < 4.78 is 62.9. The summed E-state index contributed by atoms with van der Waals surface area (Å²) in [7, 11) is -0.981. The minimum absolute atomic E-state index is 0.150. The average molecular weight is 632 g/mol. The summed E-state index contributed by atoms with van der Waals surface area (Å²) in [5.41, 5.74) is 2.84. The maximum Gasteiger partial charge on any atom is 0.348 e. The van der Waals surface area contributed by atoms with Gasteiger partial charge in [0, 0.05) is 73.1 Å². The van der Waals surface area contributed by atoms with Gasteiger partial charge in [0.05, 0.1) is 29.2 Å². The minimum Gasteiger partial charge on any atom is -0.455 e. The first-order chi connectivity index (χ1) is 21.5. The topological polar surface area (TPSA) is 118 Å². The van der Waals surface area contributed by atoms with E-state index in [1.54, 1.807) is 22.8 Å². The molecule has 1 N–H and O–H groups in total. The van der Waals surface area contributed by atoms with Crippen molar-refractivity contribution >= 4 is 38.3 Å². The molecule has 2 aliphatic heterocycles. The van der Waals surface area contributed by atoms with Crippen molar-refractivity contribution in [1.82, 2.24) is 14.9 Å². The van der Waals surface area contributed by atoms with E-state index < -0.39 is 27.4 Å². The summed E-state index contributed by atoms with van der Waals surface area (Å²) in [6, 6.07) is 14.8. The number of aromatic nitrogens is 2. The number of nitrogens with one attached hydrogen (secondary N) is 1. The third-order valence-corrected chi connectivity index (χ3v) is 9.80. The molecular weight excluding hydrogens is 604 g/mol. The zero-order chi connectivity index (χ0) is 31.8. The lowest BCUT2D eigenvalue weighted by atomic mass is 9.99. The number of furan rings is 1. The number of carbonyl (C=O) groups is 1. The lowest BCUT2D eigenvalue weighted by Crippen LogP contribution is -2.42. The molecule has 0 aliphatic carbocycles. The number of amides is 1. The Morgan fingerprint density at radius 3 is 2.56 bits per heavy atom. The van der Waals surface area contributed by atoms with Crippen LogP contribution in [0, 0.1) is 11.6 Å². The van der Waals surface area contributed by atoms with Crippen molar-refractivity contribution in [2.45, 2.75) is 19.0 Å². The van der Waals surface area contributed by atoms with E-state index in [4.69, 9.17) is 4.42 Å². The van der Waals surface area contributed by atoms with Crippen LogP contribution in [0.1, 0.15) is 27.7 Å². The summed E-state index contributed by atoms with van der Waals surface area (Å²) in [4.78, 5) is 33.1. The predicted octanol–water partition coefficient (Wildman–Crippen LogP) is 4.47. The number of fused-ring (bicyclic) bond motifs is 6. The van der Waals surface area contributed by atoms with Crippen LogP contribution in [0.2, 0.25) is 0 Å². The molecule has 0 saturated heterocycles. The van der Waals surface area contributed by atoms with Gasteiger partial charge in [-0.25, -0.2) is 22.0 Å². The van der Waals surface area contributed by atoms with Crippen LogP contribution in [0.5, 0.6) is 0 Å². The number of benzene rings is 3. The Hall–Kier alpha value is -5.04. The molecule has 0 saturated carbocycles. The number of rotatable bonds is 5. The molecule has 1 amide bonds. The molecular formula is C32H27F2N5O5S. The molecule has 2 aliphatic rings. The summed E-state index contributed by atoms with van der Waals surface area (Å²) in [6.07, 6.45) is 1.39. The Kier molecular flexibility index (Phi) is 6.55. The van der Waals surface area contributed by atoms with Gasteiger partial charge in [-0.2, -0.15) is 4.98 Å². The van der Waals surface area contributed by atoms with Gasteiger partial charge in [0.15, 0.2) is 0 Å². The first-order valence-corrected chi connectivity index (χ1v) is 16.0. The maximum atomic E-state index is 14.8. The first kappa shape index (κ1) is 28.7. The fraction of sp³-hybridized carbons (Fsp3) is 0.219. The predicted molar refractivity (Wildman–Crippen MR) is 166 cm³/mol. The van der Waals surface area contributed by atoms with Crippen LogP contribution in [-0.4, -0.2) is 50.8 Å². The second-order valence-corrected chi connectivity index (χ2v) is 13.2. The molecule has 230 valence electrons. The Morgan fingerprint density at radius 2 is 1.84 bits per heavy atom. The van der Waals surface area contributed by atoms with Crippen LogP contribution in [0.25, 0.3) is 33.6 Å². The summed E-state index contributed by atoms with van der Waals surface area (Å²) in [5.74, 6) is -1.10. The third kappa shape index (κ3) is 4.57. The van der Waals surface area contributed by atoms with Crippen molar-refractivity contribution in [3.05, 3.63) is 99.6 Å². The number of hydrogen-bond acceptors (Lipinski definition) is 7. The lowest BCUT2D eigenvalue weighted by Gasteiger charge is -2.34. The van der Waals surface area contributed by atoms with Gasteiger partial charge in [-0.1, -0.05) is 6.07 Å². The van der Waals surface area contributed by atoms with Gasteiger partial charge < -0.3 is 14.6 Å². The van der Waals surface area contributed by atoms with Gasteiger partial charge in [0.1, 0.15) is 23.0 Å². The quantitative estimate of drug-likeness (QED) is 0.304. The third-order valence-electron chi connectivity index (χ3n) is 8.61. The minimum atomic E-state index is -3.81. The van der Waals surface area contributed by atoms with Crippen LogP contribution >= 0.6 is 0 Å². The number of hydrogen-bond donors (Lipinski definition) is 1. The highest BCUT2D eigenvalue weighted by Crippen LogP contribution is 2.45. The van der Waals surface area contributed by atoms with E-state index in [1.807, 2.05) is 6.07 Å². The van der Waals surface area contributed by atoms with Gasteiger partial charge in [0.25, 0.3) is 5.91 Å². The molecule has 13 heteroatoms.